The van der Waals surface area contributed by atoms with Gasteiger partial charge in [0.15, 0.2) is 5.82 Å². The second-order valence-corrected chi connectivity index (χ2v) is 4.86. The predicted octanol–water partition coefficient (Wildman–Crippen LogP) is 0.508. The van der Waals surface area contributed by atoms with Crippen LogP contribution in [-0.2, 0) is 11.2 Å². The summed E-state index contributed by atoms with van der Waals surface area (Å²) in [6.45, 7) is 1.76. The summed E-state index contributed by atoms with van der Waals surface area (Å²) in [7, 11) is 0. The summed E-state index contributed by atoms with van der Waals surface area (Å²) in [6, 6.07) is -0.119. The third-order valence-electron chi connectivity index (χ3n) is 3.37. The minimum Gasteiger partial charge on any atom is -0.481 e. The average molecular weight is 282 g/mol. The first-order valence-corrected chi connectivity index (χ1v) is 6.65. The monoisotopic (exact) mass is 282 g/mol. The molecule has 8 heteroatoms. The Morgan fingerprint density at radius 1 is 1.55 bits per heavy atom. The molecule has 1 atom stereocenters. The van der Waals surface area contributed by atoms with Crippen molar-refractivity contribution in [2.75, 3.05) is 19.6 Å². The van der Waals surface area contributed by atoms with Gasteiger partial charge in [-0.15, -0.1) is 0 Å². The van der Waals surface area contributed by atoms with E-state index < -0.39 is 5.97 Å². The molecule has 2 N–H and O–H groups in total. The predicted molar refractivity (Wildman–Crippen MR) is 68.0 cm³/mol. The number of aromatic nitrogens is 2. The van der Waals surface area contributed by atoms with Gasteiger partial charge in [0.25, 0.3) is 0 Å². The maximum absolute atomic E-state index is 11.9. The molecule has 0 aromatic carbocycles. The van der Waals surface area contributed by atoms with Crippen LogP contribution >= 0.6 is 0 Å². The van der Waals surface area contributed by atoms with Crippen LogP contribution in [0.15, 0.2) is 10.9 Å². The van der Waals surface area contributed by atoms with Crippen LogP contribution in [0.2, 0.25) is 0 Å². The molecule has 0 radical (unpaired) electrons. The zero-order valence-corrected chi connectivity index (χ0v) is 11.1. The highest BCUT2D eigenvalue weighted by Gasteiger charge is 2.26. The Morgan fingerprint density at radius 2 is 2.40 bits per heavy atom. The van der Waals surface area contributed by atoms with Gasteiger partial charge in [-0.2, -0.15) is 4.98 Å². The van der Waals surface area contributed by atoms with E-state index in [0.717, 1.165) is 6.42 Å². The molecule has 1 saturated heterocycles. The van der Waals surface area contributed by atoms with Gasteiger partial charge in [0.1, 0.15) is 0 Å². The molecule has 0 aliphatic carbocycles. The number of nitrogens with zero attached hydrogens (tertiary/aromatic N) is 3. The van der Waals surface area contributed by atoms with E-state index >= 15 is 0 Å². The fraction of sp³-hybridized carbons (Fsp3) is 0.667. The van der Waals surface area contributed by atoms with E-state index in [-0.39, 0.29) is 18.4 Å². The summed E-state index contributed by atoms with van der Waals surface area (Å²) >= 11 is 0. The highest BCUT2D eigenvalue weighted by atomic mass is 16.5. The van der Waals surface area contributed by atoms with E-state index in [1.54, 1.807) is 4.90 Å². The quantitative estimate of drug-likeness (QED) is 0.786. The van der Waals surface area contributed by atoms with Crippen LogP contribution < -0.4 is 5.32 Å². The number of carboxylic acid groups (broad SMARTS) is 1. The van der Waals surface area contributed by atoms with Gasteiger partial charge in [-0.25, -0.2) is 4.79 Å². The molecule has 0 saturated carbocycles. The second kappa shape index (κ2) is 6.88. The van der Waals surface area contributed by atoms with Crippen LogP contribution in [0.5, 0.6) is 0 Å². The van der Waals surface area contributed by atoms with Crippen molar-refractivity contribution in [1.29, 1.82) is 0 Å². The zero-order valence-electron chi connectivity index (χ0n) is 11.1. The molecule has 1 fully saturated rings. The number of carbonyl (C=O) groups is 2. The van der Waals surface area contributed by atoms with Crippen molar-refractivity contribution in [2.24, 2.45) is 5.92 Å². The van der Waals surface area contributed by atoms with Crippen LogP contribution in [-0.4, -0.2) is 51.8 Å². The van der Waals surface area contributed by atoms with E-state index in [1.165, 1.54) is 6.39 Å². The lowest BCUT2D eigenvalue weighted by atomic mass is 10.0. The molecule has 2 heterocycles. The summed E-state index contributed by atoms with van der Waals surface area (Å²) in [5.41, 5.74) is 0. The van der Waals surface area contributed by atoms with Gasteiger partial charge in [0.05, 0.1) is 0 Å². The number of urea groups is 1. The molecular weight excluding hydrogens is 264 g/mol. The Bertz CT molecular complexity index is 448. The number of aliphatic carboxylic acids is 1. The number of likely N-dealkylation sites (tertiary alicyclic amines) is 1. The lowest BCUT2D eigenvalue weighted by Gasteiger charge is -2.17. The van der Waals surface area contributed by atoms with Crippen molar-refractivity contribution < 1.29 is 19.2 Å². The Balaban J connectivity index is 1.65. The Labute approximate surface area is 116 Å². The van der Waals surface area contributed by atoms with Crippen LogP contribution in [0.1, 0.15) is 25.1 Å². The molecule has 1 aromatic rings. The molecular formula is C12H18N4O4. The molecule has 2 rings (SSSR count). The Kier molecular flexibility index (Phi) is 4.91. The smallest absolute Gasteiger partial charge is 0.317 e. The van der Waals surface area contributed by atoms with Gasteiger partial charge in [0.2, 0.25) is 6.39 Å². The van der Waals surface area contributed by atoms with Crippen LogP contribution in [0.25, 0.3) is 0 Å². The van der Waals surface area contributed by atoms with Crippen molar-refractivity contribution in [2.45, 2.75) is 25.7 Å². The normalized spacial score (nSPS) is 18.2. The van der Waals surface area contributed by atoms with E-state index in [4.69, 9.17) is 5.11 Å². The first-order valence-electron chi connectivity index (χ1n) is 6.65. The first-order chi connectivity index (χ1) is 9.65. The zero-order chi connectivity index (χ0) is 14.4. The van der Waals surface area contributed by atoms with Crippen LogP contribution in [0.3, 0.4) is 0 Å². The van der Waals surface area contributed by atoms with Gasteiger partial charge in [-0.1, -0.05) is 5.16 Å². The number of hydrogen-bond acceptors (Lipinski definition) is 5. The highest BCUT2D eigenvalue weighted by molar-refractivity contribution is 5.74. The van der Waals surface area contributed by atoms with Gasteiger partial charge in [-0.3, -0.25) is 4.79 Å². The lowest BCUT2D eigenvalue weighted by Crippen LogP contribution is -2.39. The molecule has 0 spiro atoms. The van der Waals surface area contributed by atoms with E-state index in [2.05, 4.69) is 20.0 Å². The standard InChI is InChI=1S/C12H18N4O4/c17-11(18)2-1-9-4-6-16(7-9)12(19)13-5-3-10-14-8-20-15-10/h8-9H,1-7H2,(H,13,19)(H,17,18). The second-order valence-electron chi connectivity index (χ2n) is 4.86. The third-order valence-corrected chi connectivity index (χ3v) is 3.37. The number of carboxylic acids is 1. The first kappa shape index (κ1) is 14.3. The molecule has 110 valence electrons. The summed E-state index contributed by atoms with van der Waals surface area (Å²) in [5.74, 6) is 0.0631. The van der Waals surface area contributed by atoms with E-state index in [0.29, 0.717) is 38.3 Å². The molecule has 1 aliphatic heterocycles. The van der Waals surface area contributed by atoms with Crippen molar-refractivity contribution >= 4 is 12.0 Å². The SMILES string of the molecule is O=C(O)CCC1CCN(C(=O)NCCc2ncon2)C1. The van der Waals surface area contributed by atoms with Crippen molar-refractivity contribution in [1.82, 2.24) is 20.4 Å². The van der Waals surface area contributed by atoms with Gasteiger partial charge in [0, 0.05) is 32.5 Å². The average Bonchev–Trinajstić information content (AvgIpc) is 3.07. The summed E-state index contributed by atoms with van der Waals surface area (Å²) in [5, 5.41) is 15.1. The fourth-order valence-corrected chi connectivity index (χ4v) is 2.28. The summed E-state index contributed by atoms with van der Waals surface area (Å²) in [6.07, 6.45) is 3.44. The summed E-state index contributed by atoms with van der Waals surface area (Å²) < 4.78 is 4.60. The van der Waals surface area contributed by atoms with Crippen molar-refractivity contribution in [3.63, 3.8) is 0 Å². The maximum atomic E-state index is 11.9. The highest BCUT2D eigenvalue weighted by Crippen LogP contribution is 2.20. The molecule has 8 nitrogen and oxygen atoms in total. The van der Waals surface area contributed by atoms with Crippen molar-refractivity contribution in [3.05, 3.63) is 12.2 Å². The van der Waals surface area contributed by atoms with Crippen LogP contribution in [0, 0.1) is 5.92 Å². The van der Waals surface area contributed by atoms with Gasteiger partial charge < -0.3 is 19.8 Å². The van der Waals surface area contributed by atoms with Gasteiger partial charge >= 0.3 is 12.0 Å². The third kappa shape index (κ3) is 4.22. The molecule has 1 unspecified atom stereocenters. The molecule has 20 heavy (non-hydrogen) atoms. The van der Waals surface area contributed by atoms with E-state index in [1.807, 2.05) is 0 Å². The van der Waals surface area contributed by atoms with Crippen LogP contribution in [0.4, 0.5) is 4.79 Å². The number of rotatable bonds is 6. The lowest BCUT2D eigenvalue weighted by molar-refractivity contribution is -0.137. The molecule has 1 aromatic heterocycles. The number of nitrogens with one attached hydrogen (secondary N) is 1. The Hall–Kier alpha value is -2.12. The van der Waals surface area contributed by atoms with Crippen molar-refractivity contribution in [3.8, 4) is 0 Å². The van der Waals surface area contributed by atoms with E-state index in [9.17, 15) is 9.59 Å². The number of carbonyl (C=O) groups excluding carboxylic acids is 1. The molecule has 0 bridgehead atoms. The fourth-order valence-electron chi connectivity index (χ4n) is 2.28. The topological polar surface area (TPSA) is 109 Å². The molecule has 1 aliphatic rings. The summed E-state index contributed by atoms with van der Waals surface area (Å²) in [4.78, 5) is 28.0. The van der Waals surface area contributed by atoms with Gasteiger partial charge in [-0.05, 0) is 18.8 Å². The largest absolute Gasteiger partial charge is 0.481 e. The number of amides is 2. The maximum Gasteiger partial charge on any atom is 0.317 e. The molecule has 2 amide bonds. The Morgan fingerprint density at radius 3 is 3.10 bits per heavy atom. The minimum absolute atomic E-state index is 0.119. The number of hydrogen-bond donors (Lipinski definition) is 2. The minimum atomic E-state index is -0.784.